The van der Waals surface area contributed by atoms with Crippen LogP contribution in [0.15, 0.2) is 65.9 Å². The van der Waals surface area contributed by atoms with Gasteiger partial charge in [0.15, 0.2) is 0 Å². The van der Waals surface area contributed by atoms with Gasteiger partial charge in [0.1, 0.15) is 0 Å². The normalized spacial score (nSPS) is 10.0. The van der Waals surface area contributed by atoms with Gasteiger partial charge >= 0.3 is 0 Å². The molecule has 0 aliphatic rings. The van der Waals surface area contributed by atoms with E-state index in [9.17, 15) is 4.91 Å². The lowest BCUT2D eigenvalue weighted by Gasteiger charge is -2.16. The highest BCUT2D eigenvalue weighted by Crippen LogP contribution is 2.04. The fourth-order valence-corrected chi connectivity index (χ4v) is 1.65. The number of hydrogen-bond donors (Lipinski definition) is 1. The molecule has 18 heavy (non-hydrogen) atoms. The summed E-state index contributed by atoms with van der Waals surface area (Å²) in [5.41, 5.74) is 5.14. The zero-order valence-corrected chi connectivity index (χ0v) is 9.99. The zero-order chi connectivity index (χ0) is 12.6. The Labute approximate surface area is 106 Å². The van der Waals surface area contributed by atoms with Crippen LogP contribution in [0.1, 0.15) is 11.1 Å². The second kappa shape index (κ2) is 6.51. The summed E-state index contributed by atoms with van der Waals surface area (Å²) in [6, 6.07) is 19.6. The Morgan fingerprint density at radius 2 is 1.44 bits per heavy atom. The van der Waals surface area contributed by atoms with Crippen LogP contribution in [0, 0.1) is 4.91 Å². The number of benzene rings is 2. The first-order chi connectivity index (χ1) is 8.88. The maximum atomic E-state index is 10.7. The van der Waals surface area contributed by atoms with Crippen LogP contribution in [0.4, 0.5) is 0 Å². The van der Waals surface area contributed by atoms with Gasteiger partial charge in [0, 0.05) is 6.54 Å². The van der Waals surface area contributed by atoms with E-state index in [1.807, 2.05) is 60.7 Å². The van der Waals surface area contributed by atoms with Gasteiger partial charge < -0.3 is 0 Å². The average Bonchev–Trinajstić information content (AvgIpc) is 2.45. The molecule has 0 saturated carbocycles. The van der Waals surface area contributed by atoms with E-state index in [2.05, 4.69) is 10.7 Å². The number of nitroso groups, excluding NO2 is 1. The molecule has 2 aromatic rings. The van der Waals surface area contributed by atoms with Crippen LogP contribution in [0.2, 0.25) is 0 Å². The van der Waals surface area contributed by atoms with Crippen molar-refractivity contribution >= 4 is 0 Å². The van der Waals surface area contributed by atoms with Gasteiger partial charge in [-0.05, 0) is 11.1 Å². The molecule has 0 amide bonds. The third-order valence-corrected chi connectivity index (χ3v) is 2.58. The second-order valence-electron chi connectivity index (χ2n) is 3.95. The summed E-state index contributed by atoms with van der Waals surface area (Å²) < 4.78 is 0. The summed E-state index contributed by atoms with van der Waals surface area (Å²) in [6.07, 6.45) is 0. The molecule has 2 rings (SSSR count). The van der Waals surface area contributed by atoms with Crippen LogP contribution in [0.25, 0.3) is 0 Å². The summed E-state index contributed by atoms with van der Waals surface area (Å²) in [4.78, 5) is 10.7. The van der Waals surface area contributed by atoms with Crippen molar-refractivity contribution in [2.75, 3.05) is 0 Å². The van der Waals surface area contributed by atoms with Crippen LogP contribution in [-0.2, 0) is 13.1 Å². The van der Waals surface area contributed by atoms with Gasteiger partial charge in [0.2, 0.25) is 0 Å². The van der Waals surface area contributed by atoms with Crippen molar-refractivity contribution in [2.24, 2.45) is 5.29 Å². The van der Waals surface area contributed by atoms with Crippen molar-refractivity contribution in [1.82, 2.24) is 10.5 Å². The lowest BCUT2D eigenvalue weighted by atomic mass is 10.2. The van der Waals surface area contributed by atoms with Crippen molar-refractivity contribution in [3.05, 3.63) is 76.7 Å². The van der Waals surface area contributed by atoms with Gasteiger partial charge in [0.25, 0.3) is 0 Å². The van der Waals surface area contributed by atoms with Crippen molar-refractivity contribution in [2.45, 2.75) is 13.1 Å². The molecule has 0 atom stereocenters. The predicted octanol–water partition coefficient (Wildman–Crippen LogP) is 2.87. The lowest BCUT2D eigenvalue weighted by molar-refractivity contribution is 0.179. The summed E-state index contributed by atoms with van der Waals surface area (Å²) in [6.45, 7) is 1.04. The SMILES string of the molecule is O=NN(Cc1ccccc1)NCc1ccccc1. The summed E-state index contributed by atoms with van der Waals surface area (Å²) >= 11 is 0. The van der Waals surface area contributed by atoms with Crippen LogP contribution >= 0.6 is 0 Å². The van der Waals surface area contributed by atoms with E-state index >= 15 is 0 Å². The van der Waals surface area contributed by atoms with Crippen LogP contribution in [0.5, 0.6) is 0 Å². The van der Waals surface area contributed by atoms with Crippen LogP contribution in [0.3, 0.4) is 0 Å². The first kappa shape index (κ1) is 12.3. The second-order valence-corrected chi connectivity index (χ2v) is 3.95. The Kier molecular flexibility index (Phi) is 4.44. The van der Waals surface area contributed by atoms with E-state index in [0.717, 1.165) is 11.1 Å². The molecule has 0 fully saturated rings. The molecule has 4 nitrogen and oxygen atoms in total. The predicted molar refractivity (Wildman–Crippen MR) is 71.1 cm³/mol. The third kappa shape index (κ3) is 3.68. The van der Waals surface area contributed by atoms with Crippen molar-refractivity contribution in [1.29, 1.82) is 0 Å². The van der Waals surface area contributed by atoms with Gasteiger partial charge in [-0.2, -0.15) is 5.12 Å². The molecular weight excluding hydrogens is 226 g/mol. The molecule has 0 heterocycles. The number of hydrogen-bond acceptors (Lipinski definition) is 3. The van der Waals surface area contributed by atoms with E-state index in [4.69, 9.17) is 0 Å². The van der Waals surface area contributed by atoms with E-state index < -0.39 is 0 Å². The van der Waals surface area contributed by atoms with E-state index in [0.29, 0.717) is 13.1 Å². The minimum atomic E-state index is 0.456. The van der Waals surface area contributed by atoms with Crippen molar-refractivity contribution < 1.29 is 0 Å². The van der Waals surface area contributed by atoms with E-state index in [-0.39, 0.29) is 0 Å². The molecule has 0 aliphatic carbocycles. The highest BCUT2D eigenvalue weighted by atomic mass is 16.3. The van der Waals surface area contributed by atoms with Gasteiger partial charge in [-0.1, -0.05) is 60.7 Å². The summed E-state index contributed by atoms with van der Waals surface area (Å²) in [7, 11) is 0. The molecule has 0 spiro atoms. The zero-order valence-electron chi connectivity index (χ0n) is 9.99. The summed E-state index contributed by atoms with van der Waals surface area (Å²) in [5.74, 6) is 0. The molecule has 1 N–H and O–H groups in total. The Balaban J connectivity index is 1.88. The maximum Gasteiger partial charge on any atom is 0.0816 e. The van der Waals surface area contributed by atoms with E-state index in [1.165, 1.54) is 5.12 Å². The van der Waals surface area contributed by atoms with Gasteiger partial charge in [-0.15, -0.1) is 4.91 Å². The van der Waals surface area contributed by atoms with Crippen molar-refractivity contribution in [3.63, 3.8) is 0 Å². The Morgan fingerprint density at radius 1 is 0.889 bits per heavy atom. The highest BCUT2D eigenvalue weighted by Gasteiger charge is 2.03. The molecule has 0 saturated heterocycles. The lowest BCUT2D eigenvalue weighted by Crippen LogP contribution is -2.31. The first-order valence-electron chi connectivity index (χ1n) is 5.80. The topological polar surface area (TPSA) is 44.7 Å². The molecular formula is C14H15N3O. The monoisotopic (exact) mass is 241 g/mol. The Hall–Kier alpha value is -2.20. The van der Waals surface area contributed by atoms with Gasteiger partial charge in [-0.3, -0.25) is 0 Å². The smallest absolute Gasteiger partial charge is 0.0816 e. The minimum Gasteiger partial charge on any atom is -0.211 e. The van der Waals surface area contributed by atoms with Crippen molar-refractivity contribution in [3.8, 4) is 0 Å². The number of rotatable bonds is 6. The highest BCUT2D eigenvalue weighted by molar-refractivity contribution is 5.15. The summed E-state index contributed by atoms with van der Waals surface area (Å²) in [5, 5.41) is 4.28. The third-order valence-electron chi connectivity index (χ3n) is 2.58. The Morgan fingerprint density at radius 3 is 2.00 bits per heavy atom. The van der Waals surface area contributed by atoms with Gasteiger partial charge in [0.05, 0.1) is 11.8 Å². The quantitative estimate of drug-likeness (QED) is 0.624. The molecule has 0 radical (unpaired) electrons. The number of nitrogens with one attached hydrogen (secondary N) is 1. The first-order valence-corrected chi connectivity index (χ1v) is 5.80. The molecule has 4 heteroatoms. The van der Waals surface area contributed by atoms with Gasteiger partial charge in [-0.25, -0.2) is 5.43 Å². The van der Waals surface area contributed by atoms with Crippen LogP contribution < -0.4 is 5.43 Å². The maximum absolute atomic E-state index is 10.7. The molecule has 2 aromatic carbocycles. The minimum absolute atomic E-state index is 0.456. The molecule has 0 aromatic heterocycles. The standard InChI is InChI=1S/C14H15N3O/c18-16-17(12-14-9-5-2-6-10-14)15-11-13-7-3-1-4-8-13/h1-10,15H,11-12H2. The molecule has 0 unspecified atom stereocenters. The molecule has 92 valence electrons. The molecule has 0 bridgehead atoms. The number of hydrazine groups is 1. The fraction of sp³-hybridized carbons (Fsp3) is 0.143. The average molecular weight is 241 g/mol. The van der Waals surface area contributed by atoms with Crippen LogP contribution in [-0.4, -0.2) is 5.12 Å². The van der Waals surface area contributed by atoms with E-state index in [1.54, 1.807) is 0 Å². The Bertz CT molecular complexity index is 473. The number of nitrogens with zero attached hydrogens (tertiary/aromatic N) is 2. The molecule has 0 aliphatic heterocycles. The fourth-order valence-electron chi connectivity index (χ4n) is 1.65. The largest absolute Gasteiger partial charge is 0.211 e.